The van der Waals surface area contributed by atoms with Crippen molar-refractivity contribution in [2.75, 3.05) is 0 Å². The third-order valence-corrected chi connectivity index (χ3v) is 7.03. The normalized spacial score (nSPS) is 12.6. The molecule has 0 aromatic heterocycles. The van der Waals surface area contributed by atoms with Gasteiger partial charge >= 0.3 is 5.97 Å². The molecule has 0 aliphatic heterocycles. The molecule has 1 unspecified atom stereocenters. The molecule has 0 radical (unpaired) electrons. The Morgan fingerprint density at radius 1 is 0.821 bits per heavy atom. The smallest absolute Gasteiger partial charge is 0.320 e. The number of benzene rings is 3. The minimum Gasteiger partial charge on any atom is -0.454 e. The third-order valence-electron chi connectivity index (χ3n) is 4.42. The van der Waals surface area contributed by atoms with Gasteiger partial charge in [-0.3, -0.25) is 4.79 Å². The molecule has 2 nitrogen and oxygen atoms in total. The number of hydrogen-bond donors (Lipinski definition) is 0. The monoisotopic (exact) mass is 455 g/mol. The summed E-state index contributed by atoms with van der Waals surface area (Å²) in [6.07, 6.45) is 0. The minimum absolute atomic E-state index is 0.183. The molecule has 0 spiro atoms. The van der Waals surface area contributed by atoms with Crippen LogP contribution in [0.25, 0.3) is 0 Å². The van der Waals surface area contributed by atoms with Gasteiger partial charge in [-0.05, 0) is 62.7 Å². The molecule has 0 saturated carbocycles. The van der Waals surface area contributed by atoms with E-state index in [9.17, 15) is 4.79 Å². The first-order chi connectivity index (χ1) is 13.4. The van der Waals surface area contributed by atoms with Gasteiger partial charge in [0.2, 0.25) is 0 Å². The largest absolute Gasteiger partial charge is 0.454 e. The Kier molecular flexibility index (Phi) is 6.63. The second-order valence-electron chi connectivity index (χ2n) is 7.00. The van der Waals surface area contributed by atoms with Gasteiger partial charge in [-0.2, -0.15) is 0 Å². The van der Waals surface area contributed by atoms with Crippen LogP contribution in [0.1, 0.15) is 26.3 Å². The topological polar surface area (TPSA) is 26.3 Å². The molecule has 0 aliphatic carbocycles. The Morgan fingerprint density at radius 2 is 1.25 bits per heavy atom. The molecule has 0 amide bonds. The predicted octanol–water partition coefficient (Wildman–Crippen LogP) is 6.34. The van der Waals surface area contributed by atoms with Crippen LogP contribution < -0.4 is 0 Å². The molecule has 1 atom stereocenters. The highest BCUT2D eigenvalue weighted by atomic mass is 79.9. The highest BCUT2D eigenvalue weighted by molar-refractivity contribution is 9.10. The number of ether oxygens (including phenoxy) is 1. The lowest BCUT2D eigenvalue weighted by atomic mass is 9.98. The molecule has 28 heavy (non-hydrogen) atoms. The fourth-order valence-corrected chi connectivity index (χ4v) is 5.08. The van der Waals surface area contributed by atoms with Crippen LogP contribution in [0.3, 0.4) is 0 Å². The van der Waals surface area contributed by atoms with E-state index in [1.165, 1.54) is 14.7 Å². The van der Waals surface area contributed by atoms with Crippen molar-refractivity contribution >= 4 is 32.8 Å². The number of alkyl halides is 1. The van der Waals surface area contributed by atoms with Crippen molar-refractivity contribution in [2.45, 2.75) is 45.9 Å². The molecule has 0 N–H and O–H groups in total. The first-order valence-electron chi connectivity index (χ1n) is 9.20. The van der Waals surface area contributed by atoms with E-state index in [2.05, 4.69) is 88.7 Å². The number of esters is 1. The molecule has 0 fully saturated rings. The summed E-state index contributed by atoms with van der Waals surface area (Å²) in [6, 6.07) is 29.5. The summed E-state index contributed by atoms with van der Waals surface area (Å²) in [5, 5.41) is 0. The van der Waals surface area contributed by atoms with Crippen LogP contribution in [0.4, 0.5) is 0 Å². The molecule has 3 aromatic rings. The molecular weight excluding hydrogens is 432 g/mol. The zero-order valence-electron chi connectivity index (χ0n) is 16.3. The number of carbonyl (C=O) groups is 1. The van der Waals surface area contributed by atoms with Crippen LogP contribution in [-0.2, 0) is 26.0 Å². The lowest BCUT2D eigenvalue weighted by Gasteiger charge is -2.26. The summed E-state index contributed by atoms with van der Waals surface area (Å²) in [4.78, 5) is 15.5. The quantitative estimate of drug-likeness (QED) is 0.246. The van der Waals surface area contributed by atoms with Crippen LogP contribution in [0, 0.1) is 0 Å². The number of halogens is 1. The average molecular weight is 456 g/mol. The Morgan fingerprint density at radius 3 is 1.68 bits per heavy atom. The third kappa shape index (κ3) is 4.86. The summed E-state index contributed by atoms with van der Waals surface area (Å²) in [5.74, 6) is -0.262. The fraction of sp³-hybridized carbons (Fsp3) is 0.208. The average Bonchev–Trinajstić information content (AvgIpc) is 2.70. The van der Waals surface area contributed by atoms with Crippen molar-refractivity contribution in [1.82, 2.24) is 0 Å². The first-order valence-corrected chi connectivity index (χ1v) is 11.3. The molecule has 4 heteroatoms. The van der Waals surface area contributed by atoms with Crippen molar-refractivity contribution in [3.63, 3.8) is 0 Å². The Balaban J connectivity index is 1.94. The van der Waals surface area contributed by atoms with Gasteiger partial charge < -0.3 is 4.74 Å². The molecule has 0 bridgehead atoms. The minimum atomic E-state index is -0.685. The second kappa shape index (κ2) is 8.97. The van der Waals surface area contributed by atoms with Gasteiger partial charge in [-0.1, -0.05) is 64.5 Å². The van der Waals surface area contributed by atoms with Crippen LogP contribution in [0.15, 0.2) is 99.6 Å². The van der Waals surface area contributed by atoms with E-state index in [-0.39, 0.29) is 21.7 Å². The standard InChI is InChI=1S/C24H24BrO2S/c1-18(25)23(26)27-24(2,3)19-14-16-22(17-15-19)28(20-10-6-4-7-11-20)21-12-8-5-9-13-21/h4-18H,1-3H3/q+1. The Hall–Kier alpha value is -2.04. The number of hydrogen-bond acceptors (Lipinski definition) is 2. The highest BCUT2D eigenvalue weighted by Gasteiger charge is 2.31. The van der Waals surface area contributed by atoms with E-state index in [1.54, 1.807) is 6.92 Å². The van der Waals surface area contributed by atoms with E-state index in [0.717, 1.165) is 5.56 Å². The zero-order valence-corrected chi connectivity index (χ0v) is 18.7. The maximum atomic E-state index is 12.0. The summed E-state index contributed by atoms with van der Waals surface area (Å²) >= 11 is 3.27. The Bertz CT molecular complexity index is 867. The zero-order chi connectivity index (χ0) is 20.1. The van der Waals surface area contributed by atoms with Gasteiger partial charge in [-0.25, -0.2) is 0 Å². The van der Waals surface area contributed by atoms with E-state index >= 15 is 0 Å². The summed E-state index contributed by atoms with van der Waals surface area (Å²) in [6.45, 7) is 5.61. The second-order valence-corrected chi connectivity index (χ2v) is 10.4. The number of rotatable bonds is 6. The summed E-state index contributed by atoms with van der Waals surface area (Å²) in [5.41, 5.74) is 0.290. The van der Waals surface area contributed by atoms with Crippen LogP contribution >= 0.6 is 15.9 Å². The van der Waals surface area contributed by atoms with Crippen LogP contribution in [0.2, 0.25) is 0 Å². The van der Waals surface area contributed by atoms with E-state index < -0.39 is 5.60 Å². The molecule has 0 aliphatic rings. The van der Waals surface area contributed by atoms with Crippen molar-refractivity contribution < 1.29 is 9.53 Å². The van der Waals surface area contributed by atoms with Gasteiger partial charge in [-0.15, -0.1) is 0 Å². The predicted molar refractivity (Wildman–Crippen MR) is 119 cm³/mol. The highest BCUT2D eigenvalue weighted by Crippen LogP contribution is 2.33. The molecule has 3 aromatic carbocycles. The lowest BCUT2D eigenvalue weighted by Crippen LogP contribution is -2.28. The SMILES string of the molecule is CC(Br)C(=O)OC(C)(C)c1ccc([S+](c2ccccc2)c2ccccc2)cc1. The molecule has 144 valence electrons. The van der Waals surface area contributed by atoms with Crippen molar-refractivity contribution in [1.29, 1.82) is 0 Å². The van der Waals surface area contributed by atoms with Gasteiger partial charge in [0.15, 0.2) is 14.7 Å². The number of carbonyl (C=O) groups excluding carboxylic acids is 1. The Labute approximate surface area is 178 Å². The molecule has 0 saturated heterocycles. The van der Waals surface area contributed by atoms with E-state index in [0.29, 0.717) is 0 Å². The lowest BCUT2D eigenvalue weighted by molar-refractivity contribution is -0.156. The van der Waals surface area contributed by atoms with Crippen molar-refractivity contribution in [3.05, 3.63) is 90.5 Å². The summed E-state index contributed by atoms with van der Waals surface area (Å²) < 4.78 is 5.67. The summed E-state index contributed by atoms with van der Waals surface area (Å²) in [7, 11) is -0.183. The van der Waals surface area contributed by atoms with Gasteiger partial charge in [0.25, 0.3) is 0 Å². The van der Waals surface area contributed by atoms with Crippen molar-refractivity contribution in [3.8, 4) is 0 Å². The van der Waals surface area contributed by atoms with E-state index in [1.807, 2.05) is 26.0 Å². The van der Waals surface area contributed by atoms with Crippen LogP contribution in [-0.4, -0.2) is 10.8 Å². The maximum absolute atomic E-state index is 12.0. The van der Waals surface area contributed by atoms with Gasteiger partial charge in [0.05, 0.1) is 10.9 Å². The fourth-order valence-electron chi connectivity index (χ4n) is 2.91. The maximum Gasteiger partial charge on any atom is 0.320 e. The van der Waals surface area contributed by atoms with Crippen LogP contribution in [0.5, 0.6) is 0 Å². The molecule has 0 heterocycles. The van der Waals surface area contributed by atoms with E-state index in [4.69, 9.17) is 4.74 Å². The van der Waals surface area contributed by atoms with Gasteiger partial charge in [0, 0.05) is 0 Å². The molecular formula is C24H24BrO2S+. The first kappa shape index (κ1) is 20.7. The molecule has 3 rings (SSSR count). The van der Waals surface area contributed by atoms with Crippen molar-refractivity contribution in [2.24, 2.45) is 0 Å². The van der Waals surface area contributed by atoms with Gasteiger partial charge in [0.1, 0.15) is 10.4 Å².